The summed E-state index contributed by atoms with van der Waals surface area (Å²) in [6.45, 7) is 0.739. The molecule has 2 aliphatic rings. The van der Waals surface area contributed by atoms with Gasteiger partial charge in [0.05, 0.1) is 6.04 Å². The van der Waals surface area contributed by atoms with Gasteiger partial charge < -0.3 is 16.2 Å². The lowest BCUT2D eigenvalue weighted by Crippen LogP contribution is -2.68. The van der Waals surface area contributed by atoms with E-state index < -0.39 is 35.7 Å². The molecule has 2 heterocycles. The maximum Gasteiger partial charge on any atom is 0.320 e. The minimum atomic E-state index is -0.958. The van der Waals surface area contributed by atoms with Gasteiger partial charge in [0.2, 0.25) is 11.6 Å². The van der Waals surface area contributed by atoms with Crippen LogP contribution in [0, 0.1) is 0 Å². The Morgan fingerprint density at radius 1 is 1.21 bits per heavy atom. The predicted octanol–water partition coefficient (Wildman–Crippen LogP) is -0.345. The number of fused-ring (bicyclic) bond motifs is 1. The van der Waals surface area contributed by atoms with Crippen molar-refractivity contribution in [2.45, 2.75) is 37.0 Å². The van der Waals surface area contributed by atoms with E-state index in [0.717, 1.165) is 0 Å². The number of aliphatic carboxylic acids is 1. The molecule has 7 heteroatoms. The number of hydrogen-bond donors (Lipinski definition) is 3. The molecule has 1 aromatic carbocycles. The predicted molar refractivity (Wildman–Crippen MR) is 86.7 cm³/mol. The van der Waals surface area contributed by atoms with Gasteiger partial charge in [-0.15, -0.1) is 0 Å². The first-order chi connectivity index (χ1) is 11.5. The fourth-order valence-electron chi connectivity index (χ4n) is 3.79. The Kier molecular flexibility index (Phi) is 4.75. The first-order valence-corrected chi connectivity index (χ1v) is 8.12. The van der Waals surface area contributed by atoms with E-state index in [9.17, 15) is 19.5 Å². The first-order valence-electron chi connectivity index (χ1n) is 8.12. The van der Waals surface area contributed by atoms with E-state index in [1.54, 1.807) is 35.2 Å². The molecule has 128 valence electrons. The molecule has 2 fully saturated rings. The van der Waals surface area contributed by atoms with Crippen molar-refractivity contribution in [3.63, 3.8) is 0 Å². The number of hydrogen-bond acceptors (Lipinski definition) is 6. The van der Waals surface area contributed by atoms with Crippen LogP contribution in [0.4, 0.5) is 0 Å². The van der Waals surface area contributed by atoms with Crippen LogP contribution in [0.2, 0.25) is 0 Å². The second kappa shape index (κ2) is 6.80. The first kappa shape index (κ1) is 16.8. The van der Waals surface area contributed by atoms with Crippen LogP contribution in [0.15, 0.2) is 30.3 Å². The number of carboxylic acid groups (broad SMARTS) is 1. The van der Waals surface area contributed by atoms with Crippen LogP contribution in [0.5, 0.6) is 0 Å². The van der Waals surface area contributed by atoms with Gasteiger partial charge in [-0.2, -0.15) is 0 Å². The van der Waals surface area contributed by atoms with Crippen LogP contribution in [0.25, 0.3) is 0 Å². The third kappa shape index (κ3) is 2.86. The van der Waals surface area contributed by atoms with Crippen molar-refractivity contribution in [1.29, 1.82) is 0 Å². The van der Waals surface area contributed by atoms with Crippen molar-refractivity contribution in [2.24, 2.45) is 5.73 Å². The SMILES string of the molecule is NCC1NCC2CCC(C(=O)O)N2C1C(=O)C(=O)c1ccccc1. The fourth-order valence-corrected chi connectivity index (χ4v) is 3.79. The second-order valence-corrected chi connectivity index (χ2v) is 6.29. The minimum Gasteiger partial charge on any atom is -0.480 e. The van der Waals surface area contributed by atoms with E-state index in [2.05, 4.69) is 5.32 Å². The van der Waals surface area contributed by atoms with Crippen molar-refractivity contribution < 1.29 is 19.5 Å². The van der Waals surface area contributed by atoms with Crippen LogP contribution in [-0.2, 0) is 9.59 Å². The zero-order chi connectivity index (χ0) is 17.3. The number of carboxylic acids is 1. The van der Waals surface area contributed by atoms with E-state index in [4.69, 9.17) is 5.73 Å². The Morgan fingerprint density at radius 3 is 2.54 bits per heavy atom. The lowest BCUT2D eigenvalue weighted by Gasteiger charge is -2.43. The number of nitrogens with zero attached hydrogens (tertiary/aromatic N) is 1. The van der Waals surface area contributed by atoms with Gasteiger partial charge in [-0.25, -0.2) is 0 Å². The maximum absolute atomic E-state index is 12.9. The number of carbonyl (C=O) groups excluding carboxylic acids is 2. The molecular weight excluding hydrogens is 310 g/mol. The number of piperazine rings is 1. The summed E-state index contributed by atoms with van der Waals surface area (Å²) in [4.78, 5) is 38.7. The van der Waals surface area contributed by atoms with E-state index in [1.165, 1.54) is 0 Å². The summed E-state index contributed by atoms with van der Waals surface area (Å²) < 4.78 is 0. The van der Waals surface area contributed by atoms with Crippen molar-refractivity contribution >= 4 is 17.5 Å². The molecule has 0 amide bonds. The normalized spacial score (nSPS) is 29.9. The maximum atomic E-state index is 12.9. The van der Waals surface area contributed by atoms with E-state index in [0.29, 0.717) is 24.9 Å². The van der Waals surface area contributed by atoms with Gasteiger partial charge in [0, 0.05) is 30.7 Å². The quantitative estimate of drug-likeness (QED) is 0.499. The van der Waals surface area contributed by atoms with E-state index in [1.807, 2.05) is 0 Å². The van der Waals surface area contributed by atoms with E-state index in [-0.39, 0.29) is 12.6 Å². The molecule has 0 radical (unpaired) electrons. The van der Waals surface area contributed by atoms with Crippen molar-refractivity contribution in [3.8, 4) is 0 Å². The molecule has 0 bridgehead atoms. The second-order valence-electron chi connectivity index (χ2n) is 6.29. The Morgan fingerprint density at radius 2 is 1.92 bits per heavy atom. The summed E-state index contributed by atoms with van der Waals surface area (Å²) in [7, 11) is 0. The van der Waals surface area contributed by atoms with Crippen LogP contribution < -0.4 is 11.1 Å². The third-order valence-electron chi connectivity index (χ3n) is 4.94. The highest BCUT2D eigenvalue weighted by Crippen LogP contribution is 2.31. The summed E-state index contributed by atoms with van der Waals surface area (Å²) in [5, 5.41) is 12.7. The molecule has 7 nitrogen and oxygen atoms in total. The van der Waals surface area contributed by atoms with Gasteiger partial charge in [-0.3, -0.25) is 19.3 Å². The van der Waals surface area contributed by atoms with Gasteiger partial charge in [0.1, 0.15) is 6.04 Å². The Balaban J connectivity index is 1.92. The zero-order valence-corrected chi connectivity index (χ0v) is 13.2. The number of rotatable bonds is 5. The van der Waals surface area contributed by atoms with Gasteiger partial charge in [-0.05, 0) is 12.8 Å². The Hall–Kier alpha value is -2.09. The van der Waals surface area contributed by atoms with Gasteiger partial charge in [-0.1, -0.05) is 30.3 Å². The number of carbonyl (C=O) groups is 3. The molecule has 0 spiro atoms. The summed E-state index contributed by atoms with van der Waals surface area (Å²) in [5.74, 6) is -2.15. The summed E-state index contributed by atoms with van der Waals surface area (Å²) in [6.07, 6.45) is 1.16. The number of nitrogens with two attached hydrogens (primary N) is 1. The smallest absolute Gasteiger partial charge is 0.320 e. The van der Waals surface area contributed by atoms with Gasteiger partial charge in [0.15, 0.2) is 0 Å². The minimum absolute atomic E-state index is 0.0635. The molecule has 4 N–H and O–H groups in total. The summed E-state index contributed by atoms with van der Waals surface area (Å²) >= 11 is 0. The standard InChI is InChI=1S/C17H21N3O4/c18-8-12-14(16(22)15(21)10-4-2-1-3-5-10)20-11(9-19-12)6-7-13(20)17(23)24/h1-5,11-14,19H,6-9,18H2,(H,23,24). The molecule has 3 rings (SSSR count). The molecule has 0 aliphatic carbocycles. The Labute approximate surface area is 139 Å². The van der Waals surface area contributed by atoms with Crippen LogP contribution in [-0.4, -0.2) is 64.8 Å². The molecule has 2 aliphatic heterocycles. The third-order valence-corrected chi connectivity index (χ3v) is 4.94. The molecule has 24 heavy (non-hydrogen) atoms. The molecule has 0 aromatic heterocycles. The highest BCUT2D eigenvalue weighted by atomic mass is 16.4. The lowest BCUT2D eigenvalue weighted by molar-refractivity contribution is -0.145. The monoisotopic (exact) mass is 331 g/mol. The highest BCUT2D eigenvalue weighted by molar-refractivity contribution is 6.45. The summed E-state index contributed by atoms with van der Waals surface area (Å²) in [5.41, 5.74) is 6.09. The molecule has 4 atom stereocenters. The average molecular weight is 331 g/mol. The fraction of sp³-hybridized carbons (Fsp3) is 0.471. The number of ketones is 2. The molecule has 0 saturated carbocycles. The van der Waals surface area contributed by atoms with Crippen LogP contribution in [0.1, 0.15) is 23.2 Å². The van der Waals surface area contributed by atoms with Gasteiger partial charge >= 0.3 is 5.97 Å². The number of benzene rings is 1. The number of nitrogens with one attached hydrogen (secondary N) is 1. The van der Waals surface area contributed by atoms with E-state index >= 15 is 0 Å². The molecule has 4 unspecified atom stereocenters. The van der Waals surface area contributed by atoms with Crippen LogP contribution >= 0.6 is 0 Å². The molecular formula is C17H21N3O4. The van der Waals surface area contributed by atoms with Crippen LogP contribution in [0.3, 0.4) is 0 Å². The zero-order valence-electron chi connectivity index (χ0n) is 13.2. The Bertz CT molecular complexity index is 648. The van der Waals surface area contributed by atoms with Crippen molar-refractivity contribution in [3.05, 3.63) is 35.9 Å². The number of Topliss-reactive ketones (excluding diaryl/α,β-unsaturated/α-hetero) is 2. The topological polar surface area (TPSA) is 113 Å². The van der Waals surface area contributed by atoms with Gasteiger partial charge in [0.25, 0.3) is 0 Å². The average Bonchev–Trinajstić information content (AvgIpc) is 3.04. The summed E-state index contributed by atoms with van der Waals surface area (Å²) in [6, 6.07) is 6.25. The van der Waals surface area contributed by atoms with Crippen molar-refractivity contribution in [2.75, 3.05) is 13.1 Å². The largest absolute Gasteiger partial charge is 0.480 e. The lowest BCUT2D eigenvalue weighted by atomic mass is 9.91. The van der Waals surface area contributed by atoms with Crippen molar-refractivity contribution in [1.82, 2.24) is 10.2 Å². The highest BCUT2D eigenvalue weighted by Gasteiger charge is 2.50. The molecule has 2 saturated heterocycles. The molecule has 1 aromatic rings.